The van der Waals surface area contributed by atoms with E-state index < -0.39 is 0 Å². The van der Waals surface area contributed by atoms with E-state index in [-0.39, 0.29) is 0 Å². The van der Waals surface area contributed by atoms with Crippen LogP contribution in [0, 0.1) is 6.92 Å². The zero-order chi connectivity index (χ0) is 10.7. The largest absolute Gasteiger partial charge is 0.340 e. The molecule has 1 saturated carbocycles. The zero-order valence-corrected chi connectivity index (χ0v) is 10.0. The number of hydrogen-bond acceptors (Lipinski definition) is 5. The molecule has 4 nitrogen and oxygen atoms in total. The third-order valence-electron chi connectivity index (χ3n) is 2.85. The van der Waals surface area contributed by atoms with Gasteiger partial charge in [0.2, 0.25) is 5.89 Å². The average molecular weight is 227 g/mol. The number of nitrogens with one attached hydrogen (secondary N) is 1. The lowest BCUT2D eigenvalue weighted by Gasteiger charge is -2.17. The van der Waals surface area contributed by atoms with Crippen LogP contribution in [0.1, 0.15) is 31.0 Å². The minimum absolute atomic E-state index is 0.610. The first-order valence-electron chi connectivity index (χ1n) is 5.35. The predicted octanol–water partition coefficient (Wildman–Crippen LogP) is 1.75. The third kappa shape index (κ3) is 2.72. The zero-order valence-electron chi connectivity index (χ0n) is 9.19. The van der Waals surface area contributed by atoms with Crippen molar-refractivity contribution in [3.8, 4) is 0 Å². The van der Waals surface area contributed by atoms with Crippen LogP contribution in [0.25, 0.3) is 0 Å². The van der Waals surface area contributed by atoms with Crippen molar-refractivity contribution >= 4 is 11.8 Å². The van der Waals surface area contributed by atoms with Gasteiger partial charge in [0, 0.05) is 18.2 Å². The molecule has 1 aliphatic rings. The molecule has 1 fully saturated rings. The summed E-state index contributed by atoms with van der Waals surface area (Å²) in [5.41, 5.74) is 0. The van der Waals surface area contributed by atoms with Crippen LogP contribution in [0.4, 0.5) is 0 Å². The summed E-state index contributed by atoms with van der Waals surface area (Å²) in [5, 5.41) is 8.13. The number of thioether (sulfide) groups is 1. The molecule has 2 unspecified atom stereocenters. The molecule has 0 amide bonds. The molecule has 0 aromatic carbocycles. The summed E-state index contributed by atoms with van der Waals surface area (Å²) in [6, 6.07) is 0.610. The van der Waals surface area contributed by atoms with E-state index in [1.165, 1.54) is 19.3 Å². The Hall–Kier alpha value is -0.550. The van der Waals surface area contributed by atoms with Gasteiger partial charge in [-0.25, -0.2) is 0 Å². The Kier molecular flexibility index (Phi) is 3.64. The summed E-state index contributed by atoms with van der Waals surface area (Å²) in [7, 11) is 0. The van der Waals surface area contributed by atoms with Gasteiger partial charge in [0.1, 0.15) is 0 Å². The maximum Gasteiger partial charge on any atom is 0.223 e. The Morgan fingerprint density at radius 3 is 3.07 bits per heavy atom. The highest BCUT2D eigenvalue weighted by Gasteiger charge is 2.26. The first-order chi connectivity index (χ1) is 7.29. The van der Waals surface area contributed by atoms with Crippen molar-refractivity contribution in [2.24, 2.45) is 0 Å². The highest BCUT2D eigenvalue weighted by molar-refractivity contribution is 7.99. The van der Waals surface area contributed by atoms with Gasteiger partial charge in [0.15, 0.2) is 5.82 Å². The molecule has 1 N–H and O–H groups in total. The summed E-state index contributed by atoms with van der Waals surface area (Å²) in [4.78, 5) is 4.18. The Morgan fingerprint density at radius 1 is 1.53 bits per heavy atom. The third-order valence-corrected chi connectivity index (χ3v) is 4.02. The first-order valence-corrected chi connectivity index (χ1v) is 6.63. The van der Waals surface area contributed by atoms with E-state index in [9.17, 15) is 0 Å². The number of aryl methyl sites for hydroxylation is 1. The van der Waals surface area contributed by atoms with Crippen LogP contribution in [0.3, 0.4) is 0 Å². The molecule has 0 spiro atoms. The molecule has 1 aliphatic carbocycles. The van der Waals surface area contributed by atoms with E-state index in [1.807, 2.05) is 18.7 Å². The first kappa shape index (κ1) is 11.0. The highest BCUT2D eigenvalue weighted by atomic mass is 32.2. The van der Waals surface area contributed by atoms with Crippen LogP contribution in [-0.2, 0) is 6.54 Å². The molecule has 0 aliphatic heterocycles. The summed E-state index contributed by atoms with van der Waals surface area (Å²) in [5.74, 6) is 1.40. The predicted molar refractivity (Wildman–Crippen MR) is 60.8 cm³/mol. The monoisotopic (exact) mass is 227 g/mol. The maximum absolute atomic E-state index is 4.93. The van der Waals surface area contributed by atoms with E-state index >= 15 is 0 Å². The standard InChI is InChI=1S/C10H17N3OS/c1-7-12-10(13-14-7)6-11-8-4-3-5-9(8)15-2/h8-9,11H,3-6H2,1-2H3. The fraction of sp³-hybridized carbons (Fsp3) is 0.800. The fourth-order valence-electron chi connectivity index (χ4n) is 2.08. The molecule has 84 valence electrons. The van der Waals surface area contributed by atoms with Gasteiger partial charge in [-0.15, -0.1) is 0 Å². The molecule has 15 heavy (non-hydrogen) atoms. The Morgan fingerprint density at radius 2 is 2.40 bits per heavy atom. The second kappa shape index (κ2) is 4.99. The van der Waals surface area contributed by atoms with Crippen LogP contribution in [0.5, 0.6) is 0 Å². The van der Waals surface area contributed by atoms with E-state index in [0.29, 0.717) is 11.9 Å². The van der Waals surface area contributed by atoms with Crippen LogP contribution in [0.15, 0.2) is 4.52 Å². The van der Waals surface area contributed by atoms with E-state index in [2.05, 4.69) is 21.7 Å². The van der Waals surface area contributed by atoms with Crippen LogP contribution < -0.4 is 5.32 Å². The lowest BCUT2D eigenvalue weighted by molar-refractivity contribution is 0.383. The fourth-order valence-corrected chi connectivity index (χ4v) is 3.04. The van der Waals surface area contributed by atoms with Crippen molar-refractivity contribution in [1.82, 2.24) is 15.5 Å². The van der Waals surface area contributed by atoms with Gasteiger partial charge in [-0.05, 0) is 19.1 Å². The molecule has 0 radical (unpaired) electrons. The summed E-state index contributed by atoms with van der Waals surface area (Å²) in [6.45, 7) is 2.54. The van der Waals surface area contributed by atoms with Crippen molar-refractivity contribution in [3.63, 3.8) is 0 Å². The summed E-state index contributed by atoms with van der Waals surface area (Å²) < 4.78 is 4.93. The Labute approximate surface area is 94.2 Å². The lowest BCUT2D eigenvalue weighted by atomic mass is 10.2. The van der Waals surface area contributed by atoms with Gasteiger partial charge < -0.3 is 9.84 Å². The van der Waals surface area contributed by atoms with Gasteiger partial charge in [-0.1, -0.05) is 11.6 Å². The molecule has 0 saturated heterocycles. The molecule has 2 atom stereocenters. The topological polar surface area (TPSA) is 51.0 Å². The van der Waals surface area contributed by atoms with Crippen molar-refractivity contribution < 1.29 is 4.52 Å². The number of aromatic nitrogens is 2. The molecule has 2 rings (SSSR count). The van der Waals surface area contributed by atoms with Gasteiger partial charge in [0.25, 0.3) is 0 Å². The minimum atomic E-state index is 0.610. The second-order valence-electron chi connectivity index (χ2n) is 3.92. The van der Waals surface area contributed by atoms with Gasteiger partial charge >= 0.3 is 0 Å². The van der Waals surface area contributed by atoms with Gasteiger partial charge in [-0.3, -0.25) is 0 Å². The summed E-state index contributed by atoms with van der Waals surface area (Å²) in [6.07, 6.45) is 6.10. The number of nitrogens with zero attached hydrogens (tertiary/aromatic N) is 2. The van der Waals surface area contributed by atoms with E-state index in [1.54, 1.807) is 0 Å². The molecular weight excluding hydrogens is 210 g/mol. The average Bonchev–Trinajstić information content (AvgIpc) is 2.83. The lowest BCUT2D eigenvalue weighted by Crippen LogP contribution is -2.33. The highest BCUT2D eigenvalue weighted by Crippen LogP contribution is 2.28. The Balaban J connectivity index is 1.82. The van der Waals surface area contributed by atoms with Crippen LogP contribution in [0.2, 0.25) is 0 Å². The van der Waals surface area contributed by atoms with Crippen molar-refractivity contribution in [1.29, 1.82) is 0 Å². The van der Waals surface area contributed by atoms with Crippen molar-refractivity contribution in [2.75, 3.05) is 6.26 Å². The van der Waals surface area contributed by atoms with E-state index in [0.717, 1.165) is 17.6 Å². The SMILES string of the molecule is CSC1CCCC1NCc1noc(C)n1. The Bertz CT molecular complexity index is 315. The molecular formula is C10H17N3OS. The molecule has 1 heterocycles. The van der Waals surface area contributed by atoms with Crippen LogP contribution >= 0.6 is 11.8 Å². The normalized spacial score (nSPS) is 26.0. The van der Waals surface area contributed by atoms with Gasteiger partial charge in [0.05, 0.1) is 6.54 Å². The van der Waals surface area contributed by atoms with E-state index in [4.69, 9.17) is 4.52 Å². The van der Waals surface area contributed by atoms with Gasteiger partial charge in [-0.2, -0.15) is 16.7 Å². The molecule has 1 aromatic heterocycles. The van der Waals surface area contributed by atoms with Crippen molar-refractivity contribution in [2.45, 2.75) is 44.0 Å². The second-order valence-corrected chi connectivity index (χ2v) is 5.00. The molecule has 5 heteroatoms. The van der Waals surface area contributed by atoms with Crippen molar-refractivity contribution in [3.05, 3.63) is 11.7 Å². The number of hydrogen-bond donors (Lipinski definition) is 1. The quantitative estimate of drug-likeness (QED) is 0.849. The molecule has 1 aromatic rings. The molecule has 0 bridgehead atoms. The van der Waals surface area contributed by atoms with Crippen LogP contribution in [-0.4, -0.2) is 27.7 Å². The maximum atomic E-state index is 4.93. The smallest absolute Gasteiger partial charge is 0.223 e. The summed E-state index contributed by atoms with van der Waals surface area (Å²) >= 11 is 1.95. The number of rotatable bonds is 4. The minimum Gasteiger partial charge on any atom is -0.340 e.